The molecule has 2 atom stereocenters. The smallest absolute Gasteiger partial charge is 0.314 e. The van der Waals surface area contributed by atoms with Crippen LogP contribution < -0.4 is 10.6 Å². The molecule has 2 heterocycles. The summed E-state index contributed by atoms with van der Waals surface area (Å²) in [5, 5.41) is 7.92. The zero-order chi connectivity index (χ0) is 14.2. The first-order valence-corrected chi connectivity index (χ1v) is 8.27. The van der Waals surface area contributed by atoms with Gasteiger partial charge in [-0.2, -0.15) is 0 Å². The molecule has 2 amide bonds. The van der Waals surface area contributed by atoms with Crippen LogP contribution in [0.15, 0.2) is 17.5 Å². The van der Waals surface area contributed by atoms with Crippen LogP contribution in [-0.4, -0.2) is 31.8 Å². The van der Waals surface area contributed by atoms with Crippen LogP contribution >= 0.6 is 11.3 Å². The van der Waals surface area contributed by atoms with Crippen molar-refractivity contribution in [1.29, 1.82) is 0 Å². The molecule has 0 aromatic carbocycles. The quantitative estimate of drug-likeness (QED) is 0.813. The summed E-state index contributed by atoms with van der Waals surface area (Å²) in [6.45, 7) is 4.43. The summed E-state index contributed by atoms with van der Waals surface area (Å²) in [4.78, 5) is 13.0. The van der Waals surface area contributed by atoms with Crippen LogP contribution in [0.4, 0.5) is 4.79 Å². The predicted octanol–water partition coefficient (Wildman–Crippen LogP) is 2.80. The third-order valence-electron chi connectivity index (χ3n) is 3.52. The van der Waals surface area contributed by atoms with E-state index < -0.39 is 0 Å². The van der Waals surface area contributed by atoms with E-state index in [2.05, 4.69) is 35.1 Å². The van der Waals surface area contributed by atoms with Gasteiger partial charge in [-0.1, -0.05) is 13.0 Å². The lowest BCUT2D eigenvalue weighted by Gasteiger charge is -2.13. The van der Waals surface area contributed by atoms with E-state index in [1.165, 1.54) is 4.88 Å². The van der Waals surface area contributed by atoms with Gasteiger partial charge in [-0.3, -0.25) is 0 Å². The highest BCUT2D eigenvalue weighted by Gasteiger charge is 2.15. The molecule has 1 aromatic heterocycles. The lowest BCUT2D eigenvalue weighted by Crippen LogP contribution is -2.39. The molecule has 1 fully saturated rings. The molecule has 0 aliphatic carbocycles. The number of hydrogen-bond donors (Lipinski definition) is 2. The van der Waals surface area contributed by atoms with E-state index in [1.54, 1.807) is 11.3 Å². The molecule has 2 rings (SSSR count). The molecule has 0 bridgehead atoms. The summed E-state index contributed by atoms with van der Waals surface area (Å²) < 4.78 is 5.52. The van der Waals surface area contributed by atoms with Gasteiger partial charge in [0.2, 0.25) is 0 Å². The highest BCUT2D eigenvalue weighted by molar-refractivity contribution is 7.09. The van der Waals surface area contributed by atoms with Gasteiger partial charge in [0.15, 0.2) is 0 Å². The number of carbonyl (C=O) groups is 1. The van der Waals surface area contributed by atoms with Crippen molar-refractivity contribution in [3.63, 3.8) is 0 Å². The molecule has 0 saturated carbocycles. The summed E-state index contributed by atoms with van der Waals surface area (Å²) in [6.07, 6.45) is 4.55. The van der Waals surface area contributed by atoms with Crippen LogP contribution in [0.3, 0.4) is 0 Å². The van der Waals surface area contributed by atoms with Crippen molar-refractivity contribution in [2.24, 2.45) is 5.92 Å². The molecule has 1 aliphatic heterocycles. The first-order valence-electron chi connectivity index (χ1n) is 7.39. The number of thiophene rings is 1. The third kappa shape index (κ3) is 5.51. The maximum atomic E-state index is 11.7. The molecule has 4 nitrogen and oxygen atoms in total. The highest BCUT2D eigenvalue weighted by atomic mass is 32.1. The van der Waals surface area contributed by atoms with Crippen molar-refractivity contribution >= 4 is 17.4 Å². The summed E-state index contributed by atoms with van der Waals surface area (Å²) in [5.74, 6) is 0.456. The minimum atomic E-state index is -0.0685. The Morgan fingerprint density at radius 1 is 1.55 bits per heavy atom. The second-order valence-corrected chi connectivity index (χ2v) is 6.48. The van der Waals surface area contributed by atoms with Crippen LogP contribution in [0, 0.1) is 5.92 Å². The molecule has 112 valence electrons. The van der Waals surface area contributed by atoms with Crippen molar-refractivity contribution in [3.8, 4) is 0 Å². The number of carbonyl (C=O) groups excluding carboxylic acids is 1. The topological polar surface area (TPSA) is 50.4 Å². The van der Waals surface area contributed by atoms with Crippen LogP contribution in [-0.2, 0) is 11.2 Å². The first kappa shape index (κ1) is 15.3. The van der Waals surface area contributed by atoms with Gasteiger partial charge in [-0.05, 0) is 43.0 Å². The third-order valence-corrected chi connectivity index (χ3v) is 4.42. The summed E-state index contributed by atoms with van der Waals surface area (Å²) in [5.41, 5.74) is 0. The van der Waals surface area contributed by atoms with E-state index in [4.69, 9.17) is 4.74 Å². The van der Waals surface area contributed by atoms with E-state index in [0.29, 0.717) is 25.1 Å². The number of amides is 2. The van der Waals surface area contributed by atoms with Gasteiger partial charge in [0, 0.05) is 24.6 Å². The number of urea groups is 1. The number of hydrogen-bond acceptors (Lipinski definition) is 3. The van der Waals surface area contributed by atoms with Crippen LogP contribution in [0.25, 0.3) is 0 Å². The Morgan fingerprint density at radius 3 is 3.15 bits per heavy atom. The molecule has 0 radical (unpaired) electrons. The standard InChI is InChI=1S/C15H24N2O2S/c1-12(10-14-5-3-9-20-14)11-17-15(18)16-7-6-13-4-2-8-19-13/h3,5,9,12-13H,2,4,6-8,10-11H2,1H3,(H2,16,17,18)/t12-,13-/m0/s1. The Balaban J connectivity index is 1.52. The van der Waals surface area contributed by atoms with E-state index in [9.17, 15) is 4.79 Å². The van der Waals surface area contributed by atoms with Crippen LogP contribution in [0.5, 0.6) is 0 Å². The minimum Gasteiger partial charge on any atom is -0.378 e. The maximum Gasteiger partial charge on any atom is 0.314 e. The van der Waals surface area contributed by atoms with E-state index in [1.807, 2.05) is 0 Å². The number of rotatable bonds is 7. The average molecular weight is 296 g/mol. The SMILES string of the molecule is C[C@H](CNC(=O)NCC[C@@H]1CCCO1)Cc1cccs1. The van der Waals surface area contributed by atoms with Crippen molar-refractivity contribution in [2.75, 3.05) is 19.7 Å². The first-order chi connectivity index (χ1) is 9.74. The Morgan fingerprint density at radius 2 is 2.45 bits per heavy atom. The zero-order valence-electron chi connectivity index (χ0n) is 12.1. The van der Waals surface area contributed by atoms with Gasteiger partial charge in [0.05, 0.1) is 6.10 Å². The van der Waals surface area contributed by atoms with E-state index >= 15 is 0 Å². The lowest BCUT2D eigenvalue weighted by atomic mass is 10.1. The normalized spacial score (nSPS) is 19.8. The molecule has 1 aliphatic rings. The minimum absolute atomic E-state index is 0.0685. The van der Waals surface area contributed by atoms with Gasteiger partial charge >= 0.3 is 6.03 Å². The summed E-state index contributed by atoms with van der Waals surface area (Å²) >= 11 is 1.77. The van der Waals surface area contributed by atoms with Crippen molar-refractivity contribution in [1.82, 2.24) is 10.6 Å². The Kier molecular flexibility index (Phi) is 6.33. The van der Waals surface area contributed by atoms with E-state index in [-0.39, 0.29) is 6.03 Å². The van der Waals surface area contributed by atoms with Gasteiger partial charge in [-0.25, -0.2) is 4.79 Å². The number of nitrogens with one attached hydrogen (secondary N) is 2. The fraction of sp³-hybridized carbons (Fsp3) is 0.667. The molecular weight excluding hydrogens is 272 g/mol. The van der Waals surface area contributed by atoms with Gasteiger partial charge < -0.3 is 15.4 Å². The molecule has 0 unspecified atom stereocenters. The Labute approximate surface area is 124 Å². The van der Waals surface area contributed by atoms with Gasteiger partial charge in [0.25, 0.3) is 0 Å². The average Bonchev–Trinajstić information content (AvgIpc) is 3.09. The fourth-order valence-electron chi connectivity index (χ4n) is 2.39. The van der Waals surface area contributed by atoms with Gasteiger partial charge in [-0.15, -0.1) is 11.3 Å². The van der Waals surface area contributed by atoms with Crippen molar-refractivity contribution in [3.05, 3.63) is 22.4 Å². The molecule has 0 spiro atoms. The van der Waals surface area contributed by atoms with Gasteiger partial charge in [0.1, 0.15) is 0 Å². The van der Waals surface area contributed by atoms with Crippen LogP contribution in [0.2, 0.25) is 0 Å². The molecule has 1 aromatic rings. The maximum absolute atomic E-state index is 11.7. The predicted molar refractivity (Wildman–Crippen MR) is 82.2 cm³/mol. The molecule has 1 saturated heterocycles. The van der Waals surface area contributed by atoms with Crippen molar-refractivity contribution in [2.45, 2.75) is 38.7 Å². The molecule has 2 N–H and O–H groups in total. The molecular formula is C15H24N2O2S. The fourth-order valence-corrected chi connectivity index (χ4v) is 3.26. The molecule has 5 heteroatoms. The van der Waals surface area contributed by atoms with Crippen LogP contribution in [0.1, 0.15) is 31.1 Å². The lowest BCUT2D eigenvalue weighted by molar-refractivity contribution is 0.104. The Bertz CT molecular complexity index is 389. The molecule has 20 heavy (non-hydrogen) atoms. The monoisotopic (exact) mass is 296 g/mol. The highest BCUT2D eigenvalue weighted by Crippen LogP contribution is 2.14. The summed E-state index contributed by atoms with van der Waals surface area (Å²) in [6, 6.07) is 4.14. The second-order valence-electron chi connectivity index (χ2n) is 5.45. The second kappa shape index (κ2) is 8.27. The zero-order valence-corrected chi connectivity index (χ0v) is 12.9. The summed E-state index contributed by atoms with van der Waals surface area (Å²) in [7, 11) is 0. The Hall–Kier alpha value is -1.07. The largest absolute Gasteiger partial charge is 0.378 e. The van der Waals surface area contributed by atoms with E-state index in [0.717, 1.165) is 32.3 Å². The van der Waals surface area contributed by atoms with Crippen molar-refractivity contribution < 1.29 is 9.53 Å². The number of ether oxygens (including phenoxy) is 1.